The summed E-state index contributed by atoms with van der Waals surface area (Å²) in [6.45, 7) is 1.31. The van der Waals surface area contributed by atoms with Gasteiger partial charge < -0.3 is 20.6 Å². The molecule has 1 atom stereocenters. The average molecular weight is 269 g/mol. The Morgan fingerprint density at radius 3 is 2.79 bits per heavy atom. The Bertz CT molecular complexity index is 361. The van der Waals surface area contributed by atoms with Gasteiger partial charge in [-0.1, -0.05) is 5.16 Å². The Kier molecular flexibility index (Phi) is 4.29. The van der Waals surface area contributed by atoms with E-state index in [-0.39, 0.29) is 23.3 Å². The van der Waals surface area contributed by atoms with Crippen LogP contribution >= 0.6 is 0 Å². The highest BCUT2D eigenvalue weighted by Crippen LogP contribution is 2.38. The monoisotopic (exact) mass is 269 g/mol. The number of ether oxygens (including phenoxy) is 1. The summed E-state index contributed by atoms with van der Waals surface area (Å²) < 4.78 is 5.49. The molecule has 1 aliphatic heterocycles. The number of likely N-dealkylation sites (tertiary alicyclic amines) is 1. The number of hydrogen-bond donors (Lipinski definition) is 2. The first kappa shape index (κ1) is 14.1. The molecule has 2 rings (SSSR count). The number of oxime groups is 1. The fourth-order valence-corrected chi connectivity index (χ4v) is 2.94. The molecule has 2 aliphatic rings. The van der Waals surface area contributed by atoms with E-state index in [1.165, 1.54) is 0 Å². The van der Waals surface area contributed by atoms with Crippen LogP contribution in [0.3, 0.4) is 0 Å². The van der Waals surface area contributed by atoms with Gasteiger partial charge in [-0.05, 0) is 32.1 Å². The van der Waals surface area contributed by atoms with Crippen LogP contribution in [0.2, 0.25) is 0 Å². The van der Waals surface area contributed by atoms with E-state index in [0.29, 0.717) is 13.0 Å². The van der Waals surface area contributed by atoms with Crippen LogP contribution in [0.25, 0.3) is 0 Å². The summed E-state index contributed by atoms with van der Waals surface area (Å²) >= 11 is 0. The molecule has 1 unspecified atom stereocenters. The first-order valence-electron chi connectivity index (χ1n) is 6.90. The first-order chi connectivity index (χ1) is 9.10. The van der Waals surface area contributed by atoms with E-state index in [1.54, 1.807) is 7.11 Å². The highest BCUT2D eigenvalue weighted by atomic mass is 16.5. The van der Waals surface area contributed by atoms with E-state index >= 15 is 0 Å². The molecule has 0 aromatic heterocycles. The van der Waals surface area contributed by atoms with Gasteiger partial charge in [0, 0.05) is 26.1 Å². The molecule has 0 aromatic carbocycles. The van der Waals surface area contributed by atoms with Crippen molar-refractivity contribution in [2.24, 2.45) is 16.8 Å². The SMILES string of the molecule is COC1(CC(=O)N2CCCC(C(N)=NO)C2)CCC1. The van der Waals surface area contributed by atoms with E-state index in [9.17, 15) is 4.79 Å². The lowest BCUT2D eigenvalue weighted by molar-refractivity contribution is -0.145. The number of methoxy groups -OCH3 is 1. The second-order valence-electron chi connectivity index (χ2n) is 5.62. The second kappa shape index (κ2) is 5.77. The minimum absolute atomic E-state index is 0.0254. The predicted molar refractivity (Wildman–Crippen MR) is 70.9 cm³/mol. The minimum atomic E-state index is -0.235. The van der Waals surface area contributed by atoms with Gasteiger partial charge in [0.25, 0.3) is 0 Å². The van der Waals surface area contributed by atoms with Crippen LogP contribution in [-0.2, 0) is 9.53 Å². The topological polar surface area (TPSA) is 88.2 Å². The lowest BCUT2D eigenvalue weighted by atomic mass is 9.77. The van der Waals surface area contributed by atoms with Gasteiger partial charge in [-0.2, -0.15) is 0 Å². The van der Waals surface area contributed by atoms with Crippen molar-refractivity contribution in [3.05, 3.63) is 0 Å². The minimum Gasteiger partial charge on any atom is -0.409 e. The number of carbonyl (C=O) groups is 1. The highest BCUT2D eigenvalue weighted by Gasteiger charge is 2.40. The molecule has 6 nitrogen and oxygen atoms in total. The third-order valence-corrected chi connectivity index (χ3v) is 4.48. The molecule has 0 radical (unpaired) electrons. The van der Waals surface area contributed by atoms with Crippen molar-refractivity contribution in [2.75, 3.05) is 20.2 Å². The molecule has 1 saturated carbocycles. The molecule has 1 amide bonds. The maximum absolute atomic E-state index is 12.3. The van der Waals surface area contributed by atoms with Gasteiger partial charge in [0.1, 0.15) is 5.84 Å². The lowest BCUT2D eigenvalue weighted by Crippen LogP contribution is -2.49. The Labute approximate surface area is 113 Å². The summed E-state index contributed by atoms with van der Waals surface area (Å²) in [5, 5.41) is 11.8. The van der Waals surface area contributed by atoms with Crippen molar-refractivity contribution in [1.82, 2.24) is 4.90 Å². The molecule has 6 heteroatoms. The fraction of sp³-hybridized carbons (Fsp3) is 0.846. The van der Waals surface area contributed by atoms with Gasteiger partial charge >= 0.3 is 0 Å². The summed E-state index contributed by atoms with van der Waals surface area (Å²) in [6, 6.07) is 0. The molecule has 1 heterocycles. The maximum Gasteiger partial charge on any atom is 0.225 e. The van der Waals surface area contributed by atoms with Crippen LogP contribution in [0.5, 0.6) is 0 Å². The van der Waals surface area contributed by atoms with Crippen molar-refractivity contribution >= 4 is 11.7 Å². The van der Waals surface area contributed by atoms with Crippen molar-refractivity contribution < 1.29 is 14.7 Å². The molecule has 1 aliphatic carbocycles. The average Bonchev–Trinajstić information content (AvgIpc) is 2.41. The highest BCUT2D eigenvalue weighted by molar-refractivity contribution is 5.84. The lowest BCUT2D eigenvalue weighted by Gasteiger charge is -2.42. The van der Waals surface area contributed by atoms with Crippen molar-refractivity contribution in [3.63, 3.8) is 0 Å². The zero-order chi connectivity index (χ0) is 13.9. The molecule has 108 valence electrons. The first-order valence-corrected chi connectivity index (χ1v) is 6.90. The summed E-state index contributed by atoms with van der Waals surface area (Å²) in [4.78, 5) is 14.1. The molecule has 0 aromatic rings. The van der Waals surface area contributed by atoms with E-state index in [4.69, 9.17) is 15.7 Å². The van der Waals surface area contributed by atoms with E-state index < -0.39 is 0 Å². The normalized spacial score (nSPS) is 26.9. The van der Waals surface area contributed by atoms with Crippen molar-refractivity contribution in [2.45, 2.75) is 44.1 Å². The Balaban J connectivity index is 1.92. The predicted octanol–water partition coefficient (Wildman–Crippen LogP) is 0.931. The van der Waals surface area contributed by atoms with Crippen molar-refractivity contribution in [3.8, 4) is 0 Å². The summed E-state index contributed by atoms with van der Waals surface area (Å²) in [5.74, 6) is 0.321. The second-order valence-corrected chi connectivity index (χ2v) is 5.62. The van der Waals surface area contributed by atoms with Gasteiger partial charge in [0.05, 0.1) is 12.0 Å². The quantitative estimate of drug-likeness (QED) is 0.344. The molecule has 2 fully saturated rings. The number of amides is 1. The van der Waals surface area contributed by atoms with Crippen LogP contribution in [0.15, 0.2) is 5.16 Å². The van der Waals surface area contributed by atoms with Gasteiger partial charge in [-0.3, -0.25) is 4.79 Å². The molecular formula is C13H23N3O3. The van der Waals surface area contributed by atoms with Crippen LogP contribution < -0.4 is 5.73 Å². The van der Waals surface area contributed by atoms with E-state index in [0.717, 1.165) is 38.6 Å². The Morgan fingerprint density at radius 2 is 2.26 bits per heavy atom. The smallest absolute Gasteiger partial charge is 0.225 e. The Morgan fingerprint density at radius 1 is 1.53 bits per heavy atom. The number of piperidine rings is 1. The summed E-state index contributed by atoms with van der Waals surface area (Å²) in [7, 11) is 1.68. The standard InChI is InChI=1S/C13H23N3O3/c1-19-13(5-3-6-13)8-11(17)16-7-2-4-10(9-16)12(14)15-18/h10,18H,2-9H2,1H3,(H2,14,15). The summed E-state index contributed by atoms with van der Waals surface area (Å²) in [5.41, 5.74) is 5.40. The number of nitrogens with two attached hydrogens (primary N) is 1. The van der Waals surface area contributed by atoms with Crippen LogP contribution in [0.1, 0.15) is 38.5 Å². The third-order valence-electron chi connectivity index (χ3n) is 4.48. The van der Waals surface area contributed by atoms with Gasteiger partial charge in [0.2, 0.25) is 5.91 Å². The maximum atomic E-state index is 12.3. The number of amidine groups is 1. The molecular weight excluding hydrogens is 246 g/mol. The van der Waals surface area contributed by atoms with Gasteiger partial charge in [0.15, 0.2) is 0 Å². The van der Waals surface area contributed by atoms with Crippen LogP contribution in [0.4, 0.5) is 0 Å². The number of carbonyl (C=O) groups excluding carboxylic acids is 1. The van der Waals surface area contributed by atoms with Crippen molar-refractivity contribution in [1.29, 1.82) is 0 Å². The molecule has 0 spiro atoms. The molecule has 1 saturated heterocycles. The zero-order valence-electron chi connectivity index (χ0n) is 11.5. The fourth-order valence-electron chi connectivity index (χ4n) is 2.94. The molecule has 0 bridgehead atoms. The third kappa shape index (κ3) is 3.00. The van der Waals surface area contributed by atoms with E-state index in [2.05, 4.69) is 5.16 Å². The molecule has 3 N–H and O–H groups in total. The van der Waals surface area contributed by atoms with Crippen LogP contribution in [0, 0.1) is 5.92 Å². The number of rotatable bonds is 4. The summed E-state index contributed by atoms with van der Waals surface area (Å²) in [6.07, 6.45) is 5.28. The largest absolute Gasteiger partial charge is 0.409 e. The van der Waals surface area contributed by atoms with Crippen LogP contribution in [-0.4, -0.2) is 47.7 Å². The molecule has 19 heavy (non-hydrogen) atoms. The zero-order valence-corrected chi connectivity index (χ0v) is 11.5. The van der Waals surface area contributed by atoms with Gasteiger partial charge in [-0.15, -0.1) is 0 Å². The Hall–Kier alpha value is -1.30. The number of hydrogen-bond acceptors (Lipinski definition) is 4. The van der Waals surface area contributed by atoms with Gasteiger partial charge in [-0.25, -0.2) is 0 Å². The number of nitrogens with zero attached hydrogens (tertiary/aromatic N) is 2. The van der Waals surface area contributed by atoms with E-state index in [1.807, 2.05) is 4.90 Å².